The predicted octanol–water partition coefficient (Wildman–Crippen LogP) is 2.97. The molecule has 0 aliphatic heterocycles. The lowest BCUT2D eigenvalue weighted by molar-refractivity contribution is 0.413. The molecule has 0 spiro atoms. The second-order valence-corrected chi connectivity index (χ2v) is 4.91. The summed E-state index contributed by atoms with van der Waals surface area (Å²) in [7, 11) is 1.60. The molecular formula is C14H13ClN4O. The van der Waals surface area contributed by atoms with Crippen LogP contribution in [0.3, 0.4) is 0 Å². The van der Waals surface area contributed by atoms with Gasteiger partial charge in [-0.2, -0.15) is 0 Å². The first-order chi connectivity index (χ1) is 9.60. The lowest BCUT2D eigenvalue weighted by Crippen LogP contribution is -2.03. The number of nitrogens with zero attached hydrogens (tertiary/aromatic N) is 3. The van der Waals surface area contributed by atoms with Crippen molar-refractivity contribution in [2.24, 2.45) is 0 Å². The van der Waals surface area contributed by atoms with Crippen LogP contribution >= 0.6 is 11.6 Å². The second kappa shape index (κ2) is 4.68. The summed E-state index contributed by atoms with van der Waals surface area (Å²) in [6.07, 6.45) is 1.77. The van der Waals surface area contributed by atoms with Gasteiger partial charge in [-0.25, -0.2) is 9.97 Å². The van der Waals surface area contributed by atoms with E-state index in [0.29, 0.717) is 22.4 Å². The molecule has 2 aromatic heterocycles. The largest absolute Gasteiger partial charge is 0.495 e. The Hall–Kier alpha value is -2.27. The van der Waals surface area contributed by atoms with Crippen molar-refractivity contribution in [1.29, 1.82) is 0 Å². The summed E-state index contributed by atoms with van der Waals surface area (Å²) in [4.78, 5) is 8.74. The highest BCUT2D eigenvalue weighted by molar-refractivity contribution is 6.30. The highest BCUT2D eigenvalue weighted by atomic mass is 35.5. The average molecular weight is 289 g/mol. The molecule has 2 heterocycles. The summed E-state index contributed by atoms with van der Waals surface area (Å²) in [6, 6.07) is 7.26. The Morgan fingerprint density at radius 2 is 2.10 bits per heavy atom. The maximum Gasteiger partial charge on any atom is 0.207 e. The monoisotopic (exact) mass is 288 g/mol. The molecule has 1 aromatic carbocycles. The minimum atomic E-state index is 0.346. The smallest absolute Gasteiger partial charge is 0.207 e. The minimum Gasteiger partial charge on any atom is -0.495 e. The Morgan fingerprint density at radius 1 is 1.30 bits per heavy atom. The molecule has 0 fully saturated rings. The molecular weight excluding hydrogens is 276 g/mol. The SMILES string of the molecule is COc1ccc(Cl)cc1-n1c(N)nc2cc(C)cnc21. The van der Waals surface area contributed by atoms with E-state index in [1.54, 1.807) is 36.1 Å². The minimum absolute atomic E-state index is 0.346. The number of imidazole rings is 1. The first-order valence-electron chi connectivity index (χ1n) is 6.04. The van der Waals surface area contributed by atoms with Crippen molar-refractivity contribution >= 4 is 28.7 Å². The van der Waals surface area contributed by atoms with E-state index in [0.717, 1.165) is 16.8 Å². The third-order valence-corrected chi connectivity index (χ3v) is 3.28. The normalized spacial score (nSPS) is 10.9. The number of pyridine rings is 1. The van der Waals surface area contributed by atoms with Gasteiger partial charge in [0.2, 0.25) is 5.95 Å². The summed E-state index contributed by atoms with van der Waals surface area (Å²) in [6.45, 7) is 1.96. The number of fused-ring (bicyclic) bond motifs is 1. The number of nitrogens with two attached hydrogens (primary N) is 1. The summed E-state index contributed by atoms with van der Waals surface area (Å²) in [5.41, 5.74) is 9.18. The first-order valence-corrected chi connectivity index (χ1v) is 6.42. The Morgan fingerprint density at radius 3 is 2.85 bits per heavy atom. The molecule has 0 unspecified atom stereocenters. The van der Waals surface area contributed by atoms with Crippen LogP contribution in [0.2, 0.25) is 5.02 Å². The molecule has 0 saturated heterocycles. The number of hydrogen-bond donors (Lipinski definition) is 1. The highest BCUT2D eigenvalue weighted by Gasteiger charge is 2.15. The molecule has 3 rings (SSSR count). The van der Waals surface area contributed by atoms with E-state index in [1.165, 1.54) is 0 Å². The molecule has 3 aromatic rings. The number of anilines is 1. The Kier molecular flexibility index (Phi) is 2.99. The molecule has 20 heavy (non-hydrogen) atoms. The van der Waals surface area contributed by atoms with Crippen LogP contribution in [-0.2, 0) is 0 Å². The van der Waals surface area contributed by atoms with Crippen molar-refractivity contribution in [3.63, 3.8) is 0 Å². The Labute approximate surface area is 121 Å². The van der Waals surface area contributed by atoms with Gasteiger partial charge in [0.1, 0.15) is 11.3 Å². The molecule has 5 nitrogen and oxygen atoms in total. The summed E-state index contributed by atoms with van der Waals surface area (Å²) in [5, 5.41) is 0.592. The molecule has 0 amide bonds. The molecule has 2 N–H and O–H groups in total. The van der Waals surface area contributed by atoms with E-state index in [2.05, 4.69) is 9.97 Å². The molecule has 0 atom stereocenters. The maximum absolute atomic E-state index is 6.07. The van der Waals surface area contributed by atoms with Crippen molar-refractivity contribution in [3.8, 4) is 11.4 Å². The number of rotatable bonds is 2. The van der Waals surface area contributed by atoms with Gasteiger partial charge in [0.05, 0.1) is 12.8 Å². The Bertz CT molecular complexity index is 797. The van der Waals surface area contributed by atoms with E-state index >= 15 is 0 Å². The molecule has 0 bridgehead atoms. The third-order valence-electron chi connectivity index (χ3n) is 3.04. The van der Waals surface area contributed by atoms with Gasteiger partial charge in [-0.15, -0.1) is 0 Å². The number of nitrogen functional groups attached to an aromatic ring is 1. The third kappa shape index (κ3) is 1.96. The zero-order valence-electron chi connectivity index (χ0n) is 11.1. The van der Waals surface area contributed by atoms with Gasteiger partial charge in [0.25, 0.3) is 0 Å². The van der Waals surface area contributed by atoms with E-state index < -0.39 is 0 Å². The molecule has 0 saturated carbocycles. The zero-order valence-corrected chi connectivity index (χ0v) is 11.8. The average Bonchev–Trinajstić information content (AvgIpc) is 2.73. The van der Waals surface area contributed by atoms with E-state index in [1.807, 2.05) is 13.0 Å². The van der Waals surface area contributed by atoms with Crippen molar-refractivity contribution in [3.05, 3.63) is 41.0 Å². The van der Waals surface area contributed by atoms with Crippen LogP contribution in [0.1, 0.15) is 5.56 Å². The van der Waals surface area contributed by atoms with Crippen molar-refractivity contribution < 1.29 is 4.74 Å². The van der Waals surface area contributed by atoms with Crippen LogP contribution in [0.15, 0.2) is 30.5 Å². The predicted molar refractivity (Wildman–Crippen MR) is 79.6 cm³/mol. The van der Waals surface area contributed by atoms with Gasteiger partial charge < -0.3 is 10.5 Å². The first kappa shape index (κ1) is 12.7. The molecule has 0 aliphatic rings. The fourth-order valence-corrected chi connectivity index (χ4v) is 2.32. The highest BCUT2D eigenvalue weighted by Crippen LogP contribution is 2.31. The summed E-state index contributed by atoms with van der Waals surface area (Å²) >= 11 is 6.07. The van der Waals surface area contributed by atoms with Crippen LogP contribution in [0, 0.1) is 6.92 Å². The molecule has 6 heteroatoms. The fourth-order valence-electron chi connectivity index (χ4n) is 2.16. The number of aryl methyl sites for hydroxylation is 1. The zero-order chi connectivity index (χ0) is 14.3. The quantitative estimate of drug-likeness (QED) is 0.787. The summed E-state index contributed by atoms with van der Waals surface area (Å²) in [5.74, 6) is 1.00. The lowest BCUT2D eigenvalue weighted by atomic mass is 10.2. The second-order valence-electron chi connectivity index (χ2n) is 4.48. The number of ether oxygens (including phenoxy) is 1. The van der Waals surface area contributed by atoms with Crippen LogP contribution < -0.4 is 10.5 Å². The van der Waals surface area contributed by atoms with Crippen molar-refractivity contribution in [2.45, 2.75) is 6.92 Å². The topological polar surface area (TPSA) is 66.0 Å². The van der Waals surface area contributed by atoms with Crippen LogP contribution in [0.4, 0.5) is 5.95 Å². The molecule has 0 radical (unpaired) electrons. The van der Waals surface area contributed by atoms with Crippen LogP contribution in [-0.4, -0.2) is 21.6 Å². The van der Waals surface area contributed by atoms with Gasteiger partial charge in [0, 0.05) is 11.2 Å². The fraction of sp³-hybridized carbons (Fsp3) is 0.143. The lowest BCUT2D eigenvalue weighted by Gasteiger charge is -2.11. The van der Waals surface area contributed by atoms with Gasteiger partial charge in [-0.05, 0) is 36.8 Å². The number of benzene rings is 1. The van der Waals surface area contributed by atoms with Gasteiger partial charge in [-0.3, -0.25) is 4.57 Å². The van der Waals surface area contributed by atoms with E-state index in [4.69, 9.17) is 22.1 Å². The number of aromatic nitrogens is 3. The number of halogens is 1. The maximum atomic E-state index is 6.07. The van der Waals surface area contributed by atoms with Gasteiger partial charge in [0.15, 0.2) is 5.65 Å². The van der Waals surface area contributed by atoms with Crippen molar-refractivity contribution in [2.75, 3.05) is 12.8 Å². The van der Waals surface area contributed by atoms with Crippen molar-refractivity contribution in [1.82, 2.24) is 14.5 Å². The molecule has 0 aliphatic carbocycles. The number of hydrogen-bond acceptors (Lipinski definition) is 4. The van der Waals surface area contributed by atoms with E-state index in [-0.39, 0.29) is 0 Å². The molecule has 102 valence electrons. The number of methoxy groups -OCH3 is 1. The van der Waals surface area contributed by atoms with Gasteiger partial charge >= 0.3 is 0 Å². The van der Waals surface area contributed by atoms with Gasteiger partial charge in [-0.1, -0.05) is 11.6 Å². The van der Waals surface area contributed by atoms with Crippen LogP contribution in [0.5, 0.6) is 5.75 Å². The standard InChI is InChI=1S/C14H13ClN4O/c1-8-5-10-13(17-7-8)19(14(16)18-10)11-6-9(15)3-4-12(11)20-2/h3-7H,1-2H3,(H2,16,18). The van der Waals surface area contributed by atoms with Crippen LogP contribution in [0.25, 0.3) is 16.9 Å². The summed E-state index contributed by atoms with van der Waals surface area (Å²) < 4.78 is 7.10. The Balaban J connectivity index is 2.34. The van der Waals surface area contributed by atoms with E-state index in [9.17, 15) is 0 Å².